The summed E-state index contributed by atoms with van der Waals surface area (Å²) in [6.07, 6.45) is 11.0. The molecule has 0 aromatic carbocycles. The molecule has 2 heteroatoms. The number of hydrogen-bond donors (Lipinski definition) is 1. The number of nitrogens with zero attached hydrogens (tertiary/aromatic N) is 1. The summed E-state index contributed by atoms with van der Waals surface area (Å²) in [6, 6.07) is 0. The highest BCUT2D eigenvalue weighted by Crippen LogP contribution is 2.29. The van der Waals surface area contributed by atoms with E-state index in [1.165, 1.54) is 57.9 Å². The van der Waals surface area contributed by atoms with Crippen LogP contribution >= 0.6 is 0 Å². The molecule has 2 aliphatic carbocycles. The van der Waals surface area contributed by atoms with Gasteiger partial charge in [-0.15, -0.1) is 0 Å². The van der Waals surface area contributed by atoms with Crippen LogP contribution in [0.3, 0.4) is 0 Å². The minimum Gasteiger partial charge on any atom is -0.324 e. The summed E-state index contributed by atoms with van der Waals surface area (Å²) < 4.78 is 0. The molecule has 0 unspecified atom stereocenters. The van der Waals surface area contributed by atoms with E-state index in [1.807, 2.05) is 0 Å². The summed E-state index contributed by atoms with van der Waals surface area (Å²) in [6.45, 7) is 2.39. The third kappa shape index (κ3) is 3.18. The van der Waals surface area contributed by atoms with Crippen molar-refractivity contribution in [2.24, 2.45) is 11.7 Å². The average Bonchev–Trinajstić information content (AvgIpc) is 2.76. The summed E-state index contributed by atoms with van der Waals surface area (Å²) in [4.78, 5) is 2.49. The number of likely N-dealkylation sites (N-methyl/N-ethyl adjacent to an activating group) is 1. The molecule has 0 aliphatic heterocycles. The zero-order valence-electron chi connectivity index (χ0n) is 10.2. The Kier molecular flexibility index (Phi) is 3.68. The van der Waals surface area contributed by atoms with Crippen molar-refractivity contribution in [3.8, 4) is 0 Å². The Hall–Kier alpha value is -0.0800. The highest BCUT2D eigenvalue weighted by molar-refractivity contribution is 4.91. The van der Waals surface area contributed by atoms with E-state index < -0.39 is 0 Å². The summed E-state index contributed by atoms with van der Waals surface area (Å²) >= 11 is 0. The van der Waals surface area contributed by atoms with Crippen molar-refractivity contribution in [1.29, 1.82) is 0 Å². The van der Waals surface area contributed by atoms with Crippen LogP contribution in [-0.2, 0) is 0 Å². The first-order chi connectivity index (χ1) is 7.18. The molecule has 0 aromatic heterocycles. The molecule has 2 rings (SSSR count). The normalized spacial score (nSPS) is 26.6. The molecule has 0 aromatic rings. The van der Waals surface area contributed by atoms with Gasteiger partial charge in [0.1, 0.15) is 0 Å². The lowest BCUT2D eigenvalue weighted by Gasteiger charge is -2.31. The molecule has 0 amide bonds. The van der Waals surface area contributed by atoms with Gasteiger partial charge in [-0.05, 0) is 38.6 Å². The Balaban J connectivity index is 1.73. The van der Waals surface area contributed by atoms with Crippen molar-refractivity contribution in [2.75, 3.05) is 20.1 Å². The van der Waals surface area contributed by atoms with Crippen LogP contribution in [0.15, 0.2) is 0 Å². The predicted molar refractivity (Wildman–Crippen MR) is 64.8 cm³/mol. The van der Waals surface area contributed by atoms with Gasteiger partial charge in [0.15, 0.2) is 0 Å². The maximum Gasteiger partial charge on any atom is 0.0283 e. The third-order valence-electron chi connectivity index (χ3n) is 4.23. The van der Waals surface area contributed by atoms with E-state index in [1.54, 1.807) is 0 Å². The highest BCUT2D eigenvalue weighted by Gasteiger charge is 2.31. The molecule has 15 heavy (non-hydrogen) atoms. The van der Waals surface area contributed by atoms with Gasteiger partial charge in [0.25, 0.3) is 0 Å². The van der Waals surface area contributed by atoms with Crippen molar-refractivity contribution >= 4 is 0 Å². The molecule has 2 nitrogen and oxygen atoms in total. The molecular formula is C13H26N2. The smallest absolute Gasteiger partial charge is 0.0283 e. The minimum atomic E-state index is 0.146. The fourth-order valence-corrected chi connectivity index (χ4v) is 3.47. The molecule has 0 bridgehead atoms. The Labute approximate surface area is 94.2 Å². The standard InChI is InChI=1S/C13H26N2/c1-15(10-12-6-2-3-7-12)11-13(14)8-4-5-9-13/h12H,2-11,14H2,1H3. The molecule has 0 radical (unpaired) electrons. The first kappa shape index (κ1) is 11.4. The van der Waals surface area contributed by atoms with E-state index in [0.717, 1.165) is 12.5 Å². The minimum absolute atomic E-state index is 0.146. The topological polar surface area (TPSA) is 29.3 Å². The molecular weight excluding hydrogens is 184 g/mol. The fourth-order valence-electron chi connectivity index (χ4n) is 3.47. The maximum atomic E-state index is 6.39. The van der Waals surface area contributed by atoms with Crippen molar-refractivity contribution < 1.29 is 0 Å². The van der Waals surface area contributed by atoms with Crippen LogP contribution in [0, 0.1) is 5.92 Å². The lowest BCUT2D eigenvalue weighted by molar-refractivity contribution is 0.217. The van der Waals surface area contributed by atoms with Crippen molar-refractivity contribution in [3.05, 3.63) is 0 Å². The number of hydrogen-bond acceptors (Lipinski definition) is 2. The van der Waals surface area contributed by atoms with Gasteiger partial charge in [-0.3, -0.25) is 0 Å². The van der Waals surface area contributed by atoms with Gasteiger partial charge in [0, 0.05) is 18.6 Å². The van der Waals surface area contributed by atoms with Gasteiger partial charge in [0.2, 0.25) is 0 Å². The van der Waals surface area contributed by atoms with E-state index in [-0.39, 0.29) is 5.54 Å². The van der Waals surface area contributed by atoms with Crippen LogP contribution in [0.25, 0.3) is 0 Å². The van der Waals surface area contributed by atoms with Crippen molar-refractivity contribution in [1.82, 2.24) is 4.90 Å². The molecule has 88 valence electrons. The molecule has 2 N–H and O–H groups in total. The van der Waals surface area contributed by atoms with E-state index in [0.29, 0.717) is 0 Å². The Morgan fingerprint density at radius 2 is 1.73 bits per heavy atom. The second-order valence-corrected chi connectivity index (χ2v) is 5.92. The zero-order chi connectivity index (χ0) is 10.7. The fraction of sp³-hybridized carbons (Fsp3) is 1.00. The highest BCUT2D eigenvalue weighted by atomic mass is 15.1. The molecule has 2 aliphatic rings. The van der Waals surface area contributed by atoms with Gasteiger partial charge in [0.05, 0.1) is 0 Å². The second kappa shape index (κ2) is 4.84. The zero-order valence-corrected chi connectivity index (χ0v) is 10.2. The number of rotatable bonds is 4. The van der Waals surface area contributed by atoms with Crippen molar-refractivity contribution in [2.45, 2.75) is 56.9 Å². The number of nitrogens with two attached hydrogens (primary N) is 1. The van der Waals surface area contributed by atoms with Gasteiger partial charge < -0.3 is 10.6 Å². The van der Waals surface area contributed by atoms with Crippen LogP contribution in [0.5, 0.6) is 0 Å². The first-order valence-corrected chi connectivity index (χ1v) is 6.65. The lowest BCUT2D eigenvalue weighted by Crippen LogP contribution is -2.47. The predicted octanol–water partition coefficient (Wildman–Crippen LogP) is 2.38. The third-order valence-corrected chi connectivity index (χ3v) is 4.23. The van der Waals surface area contributed by atoms with Crippen molar-refractivity contribution in [3.63, 3.8) is 0 Å². The monoisotopic (exact) mass is 210 g/mol. The second-order valence-electron chi connectivity index (χ2n) is 5.92. The summed E-state index contributed by atoms with van der Waals surface area (Å²) in [5, 5.41) is 0. The van der Waals surface area contributed by atoms with Crippen LogP contribution in [0.1, 0.15) is 51.4 Å². The van der Waals surface area contributed by atoms with Gasteiger partial charge in [-0.1, -0.05) is 25.7 Å². The van der Waals surface area contributed by atoms with Crippen LogP contribution in [0.4, 0.5) is 0 Å². The molecule has 2 fully saturated rings. The van der Waals surface area contributed by atoms with E-state index >= 15 is 0 Å². The molecule has 0 spiro atoms. The molecule has 2 saturated carbocycles. The maximum absolute atomic E-state index is 6.39. The van der Waals surface area contributed by atoms with E-state index in [9.17, 15) is 0 Å². The summed E-state index contributed by atoms with van der Waals surface area (Å²) in [7, 11) is 2.26. The SMILES string of the molecule is CN(CC1CCCC1)CC1(N)CCCC1. The summed E-state index contributed by atoms with van der Waals surface area (Å²) in [5.41, 5.74) is 6.54. The van der Waals surface area contributed by atoms with Gasteiger partial charge in [-0.2, -0.15) is 0 Å². The Morgan fingerprint density at radius 3 is 2.33 bits per heavy atom. The lowest BCUT2D eigenvalue weighted by atomic mass is 9.98. The largest absolute Gasteiger partial charge is 0.324 e. The Morgan fingerprint density at radius 1 is 1.13 bits per heavy atom. The average molecular weight is 210 g/mol. The van der Waals surface area contributed by atoms with E-state index in [2.05, 4.69) is 11.9 Å². The van der Waals surface area contributed by atoms with Crippen LogP contribution in [-0.4, -0.2) is 30.6 Å². The van der Waals surface area contributed by atoms with E-state index in [4.69, 9.17) is 5.73 Å². The first-order valence-electron chi connectivity index (χ1n) is 6.65. The molecule has 0 saturated heterocycles. The quantitative estimate of drug-likeness (QED) is 0.772. The van der Waals surface area contributed by atoms with Gasteiger partial charge >= 0.3 is 0 Å². The molecule has 0 atom stereocenters. The van der Waals surface area contributed by atoms with Gasteiger partial charge in [-0.25, -0.2) is 0 Å². The summed E-state index contributed by atoms with van der Waals surface area (Å²) in [5.74, 6) is 0.958. The van der Waals surface area contributed by atoms with Crippen LogP contribution < -0.4 is 5.73 Å². The Bertz CT molecular complexity index is 191. The van der Waals surface area contributed by atoms with Crippen LogP contribution in [0.2, 0.25) is 0 Å². The molecule has 0 heterocycles.